The van der Waals surface area contributed by atoms with E-state index in [1.165, 1.54) is 5.39 Å². The van der Waals surface area contributed by atoms with Gasteiger partial charge in [-0.25, -0.2) is 0 Å². The number of allylic oxidation sites excluding steroid dienone is 2. The second kappa shape index (κ2) is 18.2. The minimum absolute atomic E-state index is 0.0198. The molecule has 5 heterocycles. The fourth-order valence-corrected chi connectivity index (χ4v) is 13.2. The second-order valence-electron chi connectivity index (χ2n) is 19.8. The van der Waals surface area contributed by atoms with Gasteiger partial charge in [0.25, 0.3) is 0 Å². The van der Waals surface area contributed by atoms with Gasteiger partial charge in [0.05, 0.1) is 42.9 Å². The molecule has 4 aliphatic heterocycles. The average Bonchev–Trinajstić information content (AvgIpc) is 3.52. The first kappa shape index (κ1) is 44.3. The van der Waals surface area contributed by atoms with E-state index in [-0.39, 0.29) is 103 Å². The van der Waals surface area contributed by atoms with E-state index in [2.05, 4.69) is 73.1 Å². The summed E-state index contributed by atoms with van der Waals surface area (Å²) < 4.78 is 50.8. The van der Waals surface area contributed by atoms with Crippen LogP contribution in [0, 0.1) is 35.5 Å². The molecule has 342 valence electrons. The molecule has 1 aromatic carbocycles. The Hall–Kier alpha value is -2.88. The summed E-state index contributed by atoms with van der Waals surface area (Å²) in [6.07, 6.45) is 7.93. The molecule has 0 radical (unpaired) electrons. The standard InChI is InChI=1S/C49H71N3O10/c1-10-30-12-11-13-39(62-41-17-16-38(51(5)6)26(3)58-41)25(2)45(54)36-23-33-32-21-31(61-49-48(57-9)47(56-8)46(55-7)27(4)59-49)22-35(32)43-44(42(33)34(36)24-40(53)60-30)52(43)29-15-14-28-18-19-50-37(28)20-29/h14-15,18-20,23,25-27,30-35,38-39,41-44,46-50H,10-13,16-17,21-22,24H2,1-9H3/t25-,26?,27?,30+,31+,32+,33+,34-,35-,38+,39+,41+,42-,43-,44+,46+,47?,48+,49+,52?/m1/s1. The van der Waals surface area contributed by atoms with Crippen molar-refractivity contribution in [1.29, 1.82) is 0 Å². The van der Waals surface area contributed by atoms with E-state index in [0.29, 0.717) is 18.4 Å². The molecule has 2 saturated carbocycles. The van der Waals surface area contributed by atoms with Crippen LogP contribution in [0.3, 0.4) is 0 Å². The highest BCUT2D eigenvalue weighted by atomic mass is 16.7. The third kappa shape index (κ3) is 8.09. The van der Waals surface area contributed by atoms with Gasteiger partial charge in [-0.1, -0.05) is 26.0 Å². The van der Waals surface area contributed by atoms with Crippen molar-refractivity contribution in [2.45, 2.75) is 165 Å². The summed E-state index contributed by atoms with van der Waals surface area (Å²) in [7, 11) is 9.22. The van der Waals surface area contributed by atoms with Crippen molar-refractivity contribution < 1.29 is 47.5 Å². The number of carbonyl (C=O) groups excluding carboxylic acids is 2. The number of hydrogen-bond acceptors (Lipinski definition) is 12. The van der Waals surface area contributed by atoms with Crippen LogP contribution in [-0.4, -0.2) is 137 Å². The van der Waals surface area contributed by atoms with Crippen molar-refractivity contribution in [3.05, 3.63) is 42.1 Å². The van der Waals surface area contributed by atoms with Gasteiger partial charge >= 0.3 is 5.97 Å². The Labute approximate surface area is 367 Å². The van der Waals surface area contributed by atoms with Crippen LogP contribution in [0.25, 0.3) is 10.9 Å². The lowest BCUT2D eigenvalue weighted by molar-refractivity contribution is -0.314. The highest BCUT2D eigenvalue weighted by Gasteiger charge is 2.69. The molecule has 62 heavy (non-hydrogen) atoms. The first-order valence-corrected chi connectivity index (χ1v) is 23.6. The number of Topliss-reactive ketones (excluding diaryl/α,β-unsaturated/α-hetero) is 1. The Kier molecular flexibility index (Phi) is 13.0. The Balaban J connectivity index is 1.04. The molecule has 0 spiro atoms. The van der Waals surface area contributed by atoms with Gasteiger partial charge in [-0.05, 0) is 132 Å². The quantitative estimate of drug-likeness (QED) is 0.202. The molecule has 3 aliphatic carbocycles. The molecule has 13 heteroatoms. The number of likely N-dealkylation sites (N-methyl/N-ethyl adjacent to an activating group) is 1. The summed E-state index contributed by atoms with van der Waals surface area (Å²) in [5.74, 6) is -0.0831. The normalized spacial score (nSPS) is 43.5. The number of nitrogens with zero attached hydrogens (tertiary/aromatic N) is 2. The predicted molar refractivity (Wildman–Crippen MR) is 233 cm³/mol. The molecule has 7 aliphatic rings. The maximum Gasteiger partial charge on any atom is 0.306 e. The van der Waals surface area contributed by atoms with Crippen molar-refractivity contribution in [2.75, 3.05) is 40.3 Å². The minimum atomic E-state index is -0.629. The highest BCUT2D eigenvalue weighted by Crippen LogP contribution is 2.65. The Morgan fingerprint density at radius 3 is 2.35 bits per heavy atom. The van der Waals surface area contributed by atoms with Crippen molar-refractivity contribution in [2.24, 2.45) is 35.5 Å². The maximum absolute atomic E-state index is 15.2. The number of cyclic esters (lactones) is 1. The van der Waals surface area contributed by atoms with Gasteiger partial charge in [0, 0.05) is 56.6 Å². The minimum Gasteiger partial charge on any atom is -0.462 e. The number of methoxy groups -OCH3 is 3. The number of hydrogen-bond donors (Lipinski definition) is 1. The van der Waals surface area contributed by atoms with E-state index in [4.69, 9.17) is 37.9 Å². The Morgan fingerprint density at radius 2 is 1.63 bits per heavy atom. The molecule has 3 unspecified atom stereocenters. The van der Waals surface area contributed by atoms with Crippen molar-refractivity contribution in [1.82, 2.24) is 9.88 Å². The summed E-state index contributed by atoms with van der Waals surface area (Å²) in [4.78, 5) is 37.6. The van der Waals surface area contributed by atoms with Crippen LogP contribution in [0.4, 0.5) is 5.69 Å². The van der Waals surface area contributed by atoms with E-state index in [1.807, 2.05) is 20.0 Å². The van der Waals surface area contributed by atoms with Gasteiger partial charge in [0.1, 0.15) is 24.4 Å². The molecular formula is C49H71N3O10. The summed E-state index contributed by atoms with van der Waals surface area (Å²) in [5.41, 5.74) is 3.04. The number of nitrogens with one attached hydrogen (secondary N) is 1. The Bertz CT molecular complexity index is 1940. The van der Waals surface area contributed by atoms with E-state index in [0.717, 1.165) is 61.7 Å². The third-order valence-corrected chi connectivity index (χ3v) is 16.2. The number of carbonyl (C=O) groups is 2. The summed E-state index contributed by atoms with van der Waals surface area (Å²) in [6, 6.07) is 9.49. The largest absolute Gasteiger partial charge is 0.462 e. The molecule has 4 saturated heterocycles. The zero-order chi connectivity index (χ0) is 43.6. The van der Waals surface area contributed by atoms with Crippen LogP contribution in [0.2, 0.25) is 0 Å². The number of rotatable bonds is 10. The van der Waals surface area contributed by atoms with Crippen LogP contribution in [0.15, 0.2) is 42.1 Å². The number of anilines is 1. The lowest BCUT2D eigenvalue weighted by Crippen LogP contribution is -2.59. The topological polar surface area (TPSA) is 130 Å². The van der Waals surface area contributed by atoms with Crippen LogP contribution in [0.5, 0.6) is 0 Å². The zero-order valence-electron chi connectivity index (χ0n) is 38.3. The first-order valence-electron chi connectivity index (χ1n) is 23.6. The van der Waals surface area contributed by atoms with Gasteiger partial charge in [-0.2, -0.15) is 0 Å². The predicted octanol–water partition coefficient (Wildman–Crippen LogP) is 6.67. The molecule has 9 rings (SSSR count). The van der Waals surface area contributed by atoms with Gasteiger partial charge in [-0.3, -0.25) is 9.59 Å². The number of benzene rings is 1. The molecule has 13 nitrogen and oxygen atoms in total. The summed E-state index contributed by atoms with van der Waals surface area (Å²) in [5, 5.41) is 1.17. The number of aromatic nitrogens is 1. The van der Waals surface area contributed by atoms with E-state index >= 15 is 4.79 Å². The molecule has 1 aromatic heterocycles. The Morgan fingerprint density at radius 1 is 0.855 bits per heavy atom. The van der Waals surface area contributed by atoms with E-state index in [1.54, 1.807) is 21.3 Å². The van der Waals surface area contributed by atoms with Crippen LogP contribution < -0.4 is 4.90 Å². The molecular weight excluding hydrogens is 791 g/mol. The number of esters is 1. The van der Waals surface area contributed by atoms with Gasteiger partial charge < -0.3 is 52.7 Å². The van der Waals surface area contributed by atoms with Crippen molar-refractivity contribution in [3.63, 3.8) is 0 Å². The highest BCUT2D eigenvalue weighted by molar-refractivity contribution is 5.99. The van der Waals surface area contributed by atoms with Gasteiger partial charge in [-0.15, -0.1) is 0 Å². The van der Waals surface area contributed by atoms with E-state index < -0.39 is 18.3 Å². The average molecular weight is 862 g/mol. The number of ether oxygens (including phenoxy) is 8. The lowest BCUT2D eigenvalue weighted by atomic mass is 9.66. The SMILES string of the molecule is CC[C@H]1CCC[C@H](O[C@H]2CC[C@H](N(C)C)C(C)O2)[C@@H](C)C(=O)C2=C[C@H]3[C@@H]4C[C@H](O[C@@H]5OC(C)[C@H](OC)C(OC)[C@@H]5OC)C[C@H]4[C@@H]4[C@H]([C@H]3[C@@H]2CC(=O)O1)N4c1ccc2cc[nH]c2c1. The summed E-state index contributed by atoms with van der Waals surface area (Å²) in [6.45, 7) is 8.24. The number of ketones is 1. The first-order chi connectivity index (χ1) is 29.9. The monoisotopic (exact) mass is 862 g/mol. The van der Waals surface area contributed by atoms with Gasteiger partial charge in [0.15, 0.2) is 18.4 Å². The third-order valence-electron chi connectivity index (χ3n) is 16.2. The molecule has 1 N–H and O–H groups in total. The summed E-state index contributed by atoms with van der Waals surface area (Å²) >= 11 is 0. The van der Waals surface area contributed by atoms with Crippen molar-refractivity contribution >= 4 is 28.3 Å². The van der Waals surface area contributed by atoms with E-state index in [9.17, 15) is 4.79 Å². The number of fused-ring (bicyclic) bond motifs is 9. The molecule has 2 aromatic rings. The zero-order valence-corrected chi connectivity index (χ0v) is 38.3. The number of H-pyrrole nitrogens is 1. The van der Waals surface area contributed by atoms with Crippen molar-refractivity contribution in [3.8, 4) is 0 Å². The van der Waals surface area contributed by atoms with Crippen LogP contribution >= 0.6 is 0 Å². The molecule has 19 atom stereocenters. The van der Waals surface area contributed by atoms with Crippen LogP contribution in [0.1, 0.15) is 85.5 Å². The molecule has 6 fully saturated rings. The molecule has 0 amide bonds. The fraction of sp³-hybridized carbons (Fsp3) is 0.755. The smallest absolute Gasteiger partial charge is 0.306 e. The van der Waals surface area contributed by atoms with Crippen LogP contribution in [-0.2, 0) is 47.5 Å². The number of aromatic amines is 1. The second-order valence-corrected chi connectivity index (χ2v) is 19.8. The lowest BCUT2D eigenvalue weighted by Gasteiger charge is -2.44. The fourth-order valence-electron chi connectivity index (χ4n) is 13.2. The van der Waals surface area contributed by atoms with Gasteiger partial charge in [0.2, 0.25) is 0 Å². The maximum atomic E-state index is 15.2. The molecule has 0 bridgehead atoms.